The topological polar surface area (TPSA) is 34.0 Å². The van der Waals surface area contributed by atoms with E-state index in [4.69, 9.17) is 0 Å². The maximum Gasteiger partial charge on any atom is 0.250 e. The van der Waals surface area contributed by atoms with Crippen LogP contribution in [-0.2, 0) is 13.0 Å². The average molecular weight is 222 g/mol. The van der Waals surface area contributed by atoms with Crippen molar-refractivity contribution in [1.29, 1.82) is 0 Å². The second kappa shape index (κ2) is 6.48. The maximum atomic E-state index is 11.8. The van der Waals surface area contributed by atoms with Crippen LogP contribution in [0.3, 0.4) is 0 Å². The number of aryl methyl sites for hydroxylation is 1. The molecule has 1 N–H and O–H groups in total. The highest BCUT2D eigenvalue weighted by molar-refractivity contribution is 5.11. The zero-order chi connectivity index (χ0) is 12.0. The summed E-state index contributed by atoms with van der Waals surface area (Å²) in [6.45, 7) is 6.03. The Morgan fingerprint density at radius 2 is 2.19 bits per heavy atom. The summed E-state index contributed by atoms with van der Waals surface area (Å²) in [7, 11) is 1.95. The summed E-state index contributed by atoms with van der Waals surface area (Å²) in [5, 5.41) is 3.11. The Morgan fingerprint density at radius 3 is 2.75 bits per heavy atom. The Labute approximate surface area is 97.5 Å². The van der Waals surface area contributed by atoms with Crippen LogP contribution in [0, 0.1) is 5.92 Å². The molecule has 0 aliphatic rings. The van der Waals surface area contributed by atoms with Crippen molar-refractivity contribution in [3.8, 4) is 0 Å². The van der Waals surface area contributed by atoms with Crippen molar-refractivity contribution in [3.05, 3.63) is 34.2 Å². The van der Waals surface area contributed by atoms with Gasteiger partial charge < -0.3 is 9.88 Å². The molecule has 0 fully saturated rings. The van der Waals surface area contributed by atoms with Crippen LogP contribution in [0.15, 0.2) is 23.1 Å². The van der Waals surface area contributed by atoms with E-state index in [-0.39, 0.29) is 5.56 Å². The lowest BCUT2D eigenvalue weighted by Crippen LogP contribution is -2.21. The van der Waals surface area contributed by atoms with E-state index in [1.165, 1.54) is 0 Å². The molecule has 1 aromatic rings. The first-order valence-electron chi connectivity index (χ1n) is 5.97. The van der Waals surface area contributed by atoms with Crippen LogP contribution in [0.5, 0.6) is 0 Å². The lowest BCUT2D eigenvalue weighted by atomic mass is 10.1. The van der Waals surface area contributed by atoms with Gasteiger partial charge in [0.2, 0.25) is 0 Å². The smallest absolute Gasteiger partial charge is 0.250 e. The van der Waals surface area contributed by atoms with Crippen LogP contribution >= 0.6 is 0 Å². The van der Waals surface area contributed by atoms with E-state index in [9.17, 15) is 4.79 Å². The fraction of sp³-hybridized carbons (Fsp3) is 0.615. The van der Waals surface area contributed by atoms with Crippen molar-refractivity contribution in [2.24, 2.45) is 5.92 Å². The summed E-state index contributed by atoms with van der Waals surface area (Å²) in [6.07, 6.45) is 3.96. The molecule has 0 saturated carbocycles. The van der Waals surface area contributed by atoms with Gasteiger partial charge in [-0.2, -0.15) is 0 Å². The van der Waals surface area contributed by atoms with Crippen molar-refractivity contribution < 1.29 is 0 Å². The molecule has 16 heavy (non-hydrogen) atoms. The maximum absolute atomic E-state index is 11.8. The summed E-state index contributed by atoms with van der Waals surface area (Å²) >= 11 is 0. The number of aromatic nitrogens is 1. The summed E-state index contributed by atoms with van der Waals surface area (Å²) in [4.78, 5) is 11.8. The zero-order valence-corrected chi connectivity index (χ0v) is 10.5. The lowest BCUT2D eigenvalue weighted by molar-refractivity contribution is 0.510. The fourth-order valence-electron chi connectivity index (χ4n) is 1.72. The molecule has 3 nitrogen and oxygen atoms in total. The Bertz CT molecular complexity index is 368. The van der Waals surface area contributed by atoms with E-state index in [1.54, 1.807) is 10.6 Å². The van der Waals surface area contributed by atoms with E-state index in [2.05, 4.69) is 25.2 Å². The van der Waals surface area contributed by atoms with E-state index in [1.807, 2.05) is 13.2 Å². The molecule has 0 aliphatic carbocycles. The van der Waals surface area contributed by atoms with Crippen molar-refractivity contribution >= 4 is 0 Å². The zero-order valence-electron chi connectivity index (χ0n) is 10.5. The first-order chi connectivity index (χ1) is 7.63. The molecule has 90 valence electrons. The minimum Gasteiger partial charge on any atom is -0.320 e. The van der Waals surface area contributed by atoms with Gasteiger partial charge in [-0.1, -0.05) is 13.8 Å². The standard InChI is InChI=1S/C13H22N2O/c1-11(2)10-15-8-6-12(9-13(15)16)5-4-7-14-3/h6,8-9,11,14H,4-5,7,10H2,1-3H3. The van der Waals surface area contributed by atoms with Crippen LogP contribution in [0.1, 0.15) is 25.8 Å². The molecule has 1 rings (SSSR count). The van der Waals surface area contributed by atoms with Gasteiger partial charge in [-0.05, 0) is 44.0 Å². The highest BCUT2D eigenvalue weighted by Gasteiger charge is 2.00. The van der Waals surface area contributed by atoms with Crippen molar-refractivity contribution in [3.63, 3.8) is 0 Å². The molecule has 1 heterocycles. The SMILES string of the molecule is CNCCCc1ccn(CC(C)C)c(=O)c1. The normalized spacial score (nSPS) is 11.0. The molecule has 0 saturated heterocycles. The average Bonchev–Trinajstić information content (AvgIpc) is 2.22. The van der Waals surface area contributed by atoms with Gasteiger partial charge in [0.1, 0.15) is 0 Å². The van der Waals surface area contributed by atoms with Crippen LogP contribution in [-0.4, -0.2) is 18.2 Å². The molecule has 0 amide bonds. The molecule has 0 unspecified atom stereocenters. The van der Waals surface area contributed by atoms with Crippen LogP contribution in [0.2, 0.25) is 0 Å². The first-order valence-corrected chi connectivity index (χ1v) is 5.97. The molecular weight excluding hydrogens is 200 g/mol. The second-order valence-electron chi connectivity index (χ2n) is 4.63. The Morgan fingerprint density at radius 1 is 1.44 bits per heavy atom. The number of nitrogens with zero attached hydrogens (tertiary/aromatic N) is 1. The molecule has 3 heteroatoms. The van der Waals surface area contributed by atoms with Crippen LogP contribution in [0.4, 0.5) is 0 Å². The van der Waals surface area contributed by atoms with Crippen molar-refractivity contribution in [2.45, 2.75) is 33.2 Å². The number of pyridine rings is 1. The molecule has 0 bridgehead atoms. The molecule has 0 radical (unpaired) electrons. The van der Waals surface area contributed by atoms with E-state index >= 15 is 0 Å². The number of hydrogen-bond acceptors (Lipinski definition) is 2. The third kappa shape index (κ3) is 4.19. The summed E-state index contributed by atoms with van der Waals surface area (Å²) in [5.74, 6) is 0.507. The van der Waals surface area contributed by atoms with Gasteiger partial charge in [0.05, 0.1) is 0 Å². The van der Waals surface area contributed by atoms with Gasteiger partial charge in [-0.3, -0.25) is 4.79 Å². The fourth-order valence-corrected chi connectivity index (χ4v) is 1.72. The van der Waals surface area contributed by atoms with Crippen LogP contribution in [0.25, 0.3) is 0 Å². The van der Waals surface area contributed by atoms with E-state index < -0.39 is 0 Å². The lowest BCUT2D eigenvalue weighted by Gasteiger charge is -2.09. The van der Waals surface area contributed by atoms with Gasteiger partial charge in [0, 0.05) is 18.8 Å². The molecule has 1 aromatic heterocycles. The monoisotopic (exact) mass is 222 g/mol. The van der Waals surface area contributed by atoms with Gasteiger partial charge in [-0.15, -0.1) is 0 Å². The number of hydrogen-bond donors (Lipinski definition) is 1. The molecule has 0 aliphatic heterocycles. The Hall–Kier alpha value is -1.09. The third-order valence-electron chi connectivity index (χ3n) is 2.51. The molecular formula is C13H22N2O. The number of rotatable bonds is 6. The van der Waals surface area contributed by atoms with Crippen molar-refractivity contribution in [1.82, 2.24) is 9.88 Å². The molecule has 0 atom stereocenters. The third-order valence-corrected chi connectivity index (χ3v) is 2.51. The summed E-state index contributed by atoms with van der Waals surface area (Å²) in [5.41, 5.74) is 1.26. The first kappa shape index (κ1) is 13.0. The van der Waals surface area contributed by atoms with Crippen molar-refractivity contribution in [2.75, 3.05) is 13.6 Å². The Balaban J connectivity index is 2.64. The minimum absolute atomic E-state index is 0.121. The summed E-state index contributed by atoms with van der Waals surface area (Å²) < 4.78 is 1.78. The van der Waals surface area contributed by atoms with Gasteiger partial charge in [0.15, 0.2) is 0 Å². The van der Waals surface area contributed by atoms with Gasteiger partial charge in [0.25, 0.3) is 5.56 Å². The van der Waals surface area contributed by atoms with E-state index in [0.717, 1.165) is 31.5 Å². The highest BCUT2D eigenvalue weighted by Crippen LogP contribution is 2.01. The van der Waals surface area contributed by atoms with E-state index in [0.29, 0.717) is 5.92 Å². The minimum atomic E-state index is 0.121. The van der Waals surface area contributed by atoms with Gasteiger partial charge in [-0.25, -0.2) is 0 Å². The van der Waals surface area contributed by atoms with Gasteiger partial charge >= 0.3 is 0 Å². The van der Waals surface area contributed by atoms with Crippen LogP contribution < -0.4 is 10.9 Å². The predicted octanol–water partition coefficient (Wildman–Crippen LogP) is 1.66. The molecule has 0 spiro atoms. The Kier molecular flexibility index (Phi) is 5.26. The molecule has 0 aromatic carbocycles. The quantitative estimate of drug-likeness (QED) is 0.743. The summed E-state index contributed by atoms with van der Waals surface area (Å²) in [6, 6.07) is 3.82. The highest BCUT2D eigenvalue weighted by atomic mass is 16.1. The number of nitrogens with one attached hydrogen (secondary N) is 1. The predicted molar refractivity (Wildman–Crippen MR) is 67.8 cm³/mol. The second-order valence-corrected chi connectivity index (χ2v) is 4.63. The largest absolute Gasteiger partial charge is 0.320 e.